The Hall–Kier alpha value is -1.07. The van der Waals surface area contributed by atoms with Gasteiger partial charge in [0.25, 0.3) is 0 Å². The van der Waals surface area contributed by atoms with Gasteiger partial charge in [0.1, 0.15) is 0 Å². The molecule has 12 rings (SSSR count). The number of para-hydroxylation sites is 1. The van der Waals surface area contributed by atoms with Crippen molar-refractivity contribution in [2.24, 2.45) is 35.5 Å². The van der Waals surface area contributed by atoms with Crippen LogP contribution in [0.3, 0.4) is 0 Å². The van der Waals surface area contributed by atoms with Crippen LogP contribution in [0.1, 0.15) is 152 Å². The fourth-order valence-corrected chi connectivity index (χ4v) is 18.8. The van der Waals surface area contributed by atoms with Crippen molar-refractivity contribution in [3.05, 3.63) is 47.7 Å². The molecular weight excluding hydrogens is 549 g/mol. The van der Waals surface area contributed by atoms with E-state index in [2.05, 4.69) is 46.7 Å². The summed E-state index contributed by atoms with van der Waals surface area (Å²) in [5.41, 5.74) is 10.4. The first kappa shape index (κ1) is 28.0. The predicted octanol–water partition coefficient (Wildman–Crippen LogP) is 11.2. The molecule has 10 aliphatic rings. The van der Waals surface area contributed by atoms with Crippen molar-refractivity contribution in [3.63, 3.8) is 0 Å². The van der Waals surface area contributed by atoms with Crippen molar-refractivity contribution >= 4 is 13.4 Å². The first-order chi connectivity index (χ1) is 21.6. The lowest BCUT2D eigenvalue weighted by atomic mass is 9.44. The van der Waals surface area contributed by atoms with E-state index in [0.29, 0.717) is 10.8 Å². The first-order valence-corrected chi connectivity index (χ1v) is 21.2. The fraction of sp³-hybridized carbons (Fsp3) is 0.762. The zero-order valence-corrected chi connectivity index (χ0v) is 28.4. The summed E-state index contributed by atoms with van der Waals surface area (Å²) in [6.07, 6.45) is 36.6. The second-order valence-corrected chi connectivity index (χ2v) is 21.0. The maximum absolute atomic E-state index is 2.97. The van der Waals surface area contributed by atoms with Gasteiger partial charge in [-0.15, -0.1) is 0 Å². The molecule has 8 bridgehead atoms. The van der Waals surface area contributed by atoms with Crippen molar-refractivity contribution in [3.8, 4) is 5.69 Å². The minimum absolute atomic E-state index is 0.167. The van der Waals surface area contributed by atoms with Crippen LogP contribution in [0.15, 0.2) is 36.5 Å². The summed E-state index contributed by atoms with van der Waals surface area (Å²) >= 11 is 0. The van der Waals surface area contributed by atoms with E-state index in [4.69, 9.17) is 0 Å². The third-order valence-corrected chi connectivity index (χ3v) is 18.9. The highest BCUT2D eigenvalue weighted by atomic mass is 31.1. The lowest BCUT2D eigenvalue weighted by Gasteiger charge is -2.60. The molecule has 10 aliphatic carbocycles. The van der Waals surface area contributed by atoms with Gasteiger partial charge < -0.3 is 4.57 Å². The monoisotopic (exact) mass is 607 g/mol. The van der Waals surface area contributed by atoms with Crippen molar-refractivity contribution in [1.82, 2.24) is 4.57 Å². The van der Waals surface area contributed by atoms with Crippen LogP contribution in [-0.4, -0.2) is 15.9 Å². The van der Waals surface area contributed by atoms with Gasteiger partial charge in [0.2, 0.25) is 0 Å². The summed E-state index contributed by atoms with van der Waals surface area (Å²) in [7, 11) is -0.167. The Kier molecular flexibility index (Phi) is 6.82. The molecule has 0 radical (unpaired) electrons. The third-order valence-electron chi connectivity index (χ3n) is 15.4. The smallest absolute Gasteiger partial charge is 0.0505 e. The van der Waals surface area contributed by atoms with Crippen LogP contribution in [0.25, 0.3) is 5.69 Å². The van der Waals surface area contributed by atoms with Gasteiger partial charge in [0, 0.05) is 11.9 Å². The van der Waals surface area contributed by atoms with E-state index in [-0.39, 0.29) is 7.92 Å². The Morgan fingerprint density at radius 1 is 0.523 bits per heavy atom. The molecule has 1 nitrogen and oxygen atoms in total. The lowest BCUT2D eigenvalue weighted by Crippen LogP contribution is -2.53. The minimum atomic E-state index is -0.167. The Bertz CT molecular complexity index is 1270. The Labute approximate surface area is 269 Å². The summed E-state index contributed by atoms with van der Waals surface area (Å²) in [5, 5.41) is 0. The van der Waals surface area contributed by atoms with E-state index in [9.17, 15) is 0 Å². The highest BCUT2D eigenvalue weighted by Crippen LogP contribution is 2.68. The standard InChI is InChI=1S/C42H58NP/c1-4-10-35(11-5-1)43-28-38(41-22-29-16-30(23-41)18-31(17-29)24-41)39(42-25-32-19-33(26-42)21-34(20-32)27-42)40(43)44(36-12-6-2-7-13-36)37-14-8-3-9-15-37/h1,4-5,10-11,28-34,36-37H,2-3,6-9,12-27H2. The summed E-state index contributed by atoms with van der Waals surface area (Å²) in [5.74, 6) is 6.13. The summed E-state index contributed by atoms with van der Waals surface area (Å²) < 4.78 is 2.97. The minimum Gasteiger partial charge on any atom is -0.316 e. The molecule has 10 fully saturated rings. The van der Waals surface area contributed by atoms with Gasteiger partial charge in [-0.3, -0.25) is 0 Å². The van der Waals surface area contributed by atoms with Crippen LogP contribution in [0.4, 0.5) is 0 Å². The molecule has 2 aromatic rings. The summed E-state index contributed by atoms with van der Waals surface area (Å²) in [4.78, 5) is 0. The molecule has 10 saturated carbocycles. The quantitative estimate of drug-likeness (QED) is 0.288. The second-order valence-electron chi connectivity index (χ2n) is 18.3. The number of hydrogen-bond donors (Lipinski definition) is 0. The molecule has 2 heteroatoms. The average Bonchev–Trinajstić information content (AvgIpc) is 3.44. The Morgan fingerprint density at radius 2 is 0.955 bits per heavy atom. The van der Waals surface area contributed by atoms with Crippen LogP contribution in [0.2, 0.25) is 0 Å². The number of benzene rings is 1. The van der Waals surface area contributed by atoms with E-state index in [0.717, 1.165) is 46.8 Å². The van der Waals surface area contributed by atoms with Crippen molar-refractivity contribution < 1.29 is 0 Å². The largest absolute Gasteiger partial charge is 0.316 e. The van der Waals surface area contributed by atoms with Crippen LogP contribution in [0.5, 0.6) is 0 Å². The second kappa shape index (κ2) is 10.7. The topological polar surface area (TPSA) is 4.93 Å². The zero-order chi connectivity index (χ0) is 28.9. The normalized spacial score (nSPS) is 41.7. The van der Waals surface area contributed by atoms with Crippen molar-refractivity contribution in [1.29, 1.82) is 0 Å². The number of aromatic nitrogens is 1. The third kappa shape index (κ3) is 4.46. The highest BCUT2D eigenvalue weighted by Gasteiger charge is 2.59. The van der Waals surface area contributed by atoms with E-state index in [1.807, 2.05) is 11.0 Å². The lowest BCUT2D eigenvalue weighted by molar-refractivity contribution is -0.0167. The van der Waals surface area contributed by atoms with E-state index >= 15 is 0 Å². The Balaban J connectivity index is 1.24. The van der Waals surface area contributed by atoms with Crippen LogP contribution < -0.4 is 5.44 Å². The molecule has 0 unspecified atom stereocenters. The predicted molar refractivity (Wildman–Crippen MR) is 186 cm³/mol. The number of hydrogen-bond acceptors (Lipinski definition) is 0. The number of rotatable bonds is 6. The molecular formula is C42H58NP. The first-order valence-electron chi connectivity index (χ1n) is 19.7. The van der Waals surface area contributed by atoms with E-state index in [1.54, 1.807) is 57.8 Å². The number of nitrogens with zero attached hydrogens (tertiary/aromatic N) is 1. The van der Waals surface area contributed by atoms with Gasteiger partial charge in [0.15, 0.2) is 0 Å². The van der Waals surface area contributed by atoms with E-state index < -0.39 is 0 Å². The molecule has 44 heavy (non-hydrogen) atoms. The highest BCUT2D eigenvalue weighted by molar-refractivity contribution is 7.67. The van der Waals surface area contributed by atoms with E-state index in [1.165, 1.54) is 89.2 Å². The van der Waals surface area contributed by atoms with Crippen LogP contribution >= 0.6 is 7.92 Å². The molecule has 1 aromatic heterocycles. The summed E-state index contributed by atoms with van der Waals surface area (Å²) in [6.45, 7) is 0. The van der Waals surface area contributed by atoms with Gasteiger partial charge in [0.05, 0.1) is 5.44 Å². The van der Waals surface area contributed by atoms with Crippen LogP contribution in [0, 0.1) is 35.5 Å². The van der Waals surface area contributed by atoms with Crippen molar-refractivity contribution in [2.45, 2.75) is 163 Å². The fourth-order valence-electron chi connectivity index (χ4n) is 14.7. The molecule has 0 aliphatic heterocycles. The van der Waals surface area contributed by atoms with Gasteiger partial charge in [-0.2, -0.15) is 0 Å². The molecule has 236 valence electrons. The van der Waals surface area contributed by atoms with Gasteiger partial charge >= 0.3 is 0 Å². The maximum Gasteiger partial charge on any atom is 0.0505 e. The molecule has 1 aromatic carbocycles. The molecule has 1 heterocycles. The maximum atomic E-state index is 2.97. The van der Waals surface area contributed by atoms with Crippen molar-refractivity contribution in [2.75, 3.05) is 0 Å². The Morgan fingerprint density at radius 3 is 1.41 bits per heavy atom. The molecule has 0 atom stereocenters. The zero-order valence-electron chi connectivity index (χ0n) is 27.5. The van der Waals surface area contributed by atoms with Gasteiger partial charge in [-0.05, 0) is 184 Å². The van der Waals surface area contributed by atoms with Crippen LogP contribution in [-0.2, 0) is 10.8 Å². The molecule has 0 N–H and O–H groups in total. The van der Waals surface area contributed by atoms with Gasteiger partial charge in [-0.25, -0.2) is 0 Å². The molecule has 0 spiro atoms. The SMILES string of the molecule is c1ccc(-n2cc(C34CC5CC(CC(C5)C3)C4)c(C34CC5CC(CC(C5)C3)C4)c2P(C2CCCCC2)C2CCCCC2)cc1. The average molecular weight is 608 g/mol. The molecule has 0 saturated heterocycles. The molecule has 0 amide bonds. The summed E-state index contributed by atoms with van der Waals surface area (Å²) in [6, 6.07) is 11.9. The van der Waals surface area contributed by atoms with Gasteiger partial charge in [-0.1, -0.05) is 64.6 Å².